The highest BCUT2D eigenvalue weighted by Crippen LogP contribution is 2.24. The van der Waals surface area contributed by atoms with Crippen LogP contribution < -0.4 is 19.9 Å². The van der Waals surface area contributed by atoms with E-state index in [0.29, 0.717) is 6.04 Å². The Labute approximate surface area is 155 Å². The summed E-state index contributed by atoms with van der Waals surface area (Å²) in [6, 6.07) is 10.9. The first-order valence-corrected chi connectivity index (χ1v) is 9.55. The molecule has 2 aliphatic rings. The van der Waals surface area contributed by atoms with Crippen LogP contribution in [0, 0.1) is 0 Å². The minimum atomic E-state index is 0.539. The van der Waals surface area contributed by atoms with Crippen LogP contribution in [-0.4, -0.2) is 49.3 Å². The van der Waals surface area contributed by atoms with Gasteiger partial charge in [-0.2, -0.15) is 4.98 Å². The number of benzene rings is 1. The fraction of sp³-hybridized carbons (Fsp3) is 0.500. The van der Waals surface area contributed by atoms with E-state index in [-0.39, 0.29) is 0 Å². The molecule has 6 heteroatoms. The number of piperazine rings is 1. The van der Waals surface area contributed by atoms with Crippen molar-refractivity contribution < 1.29 is 4.74 Å². The van der Waals surface area contributed by atoms with Gasteiger partial charge in [-0.3, -0.25) is 0 Å². The predicted molar refractivity (Wildman–Crippen MR) is 105 cm³/mol. The Morgan fingerprint density at radius 3 is 2.35 bits per heavy atom. The van der Waals surface area contributed by atoms with E-state index in [9.17, 15) is 0 Å². The second-order valence-electron chi connectivity index (χ2n) is 7.04. The summed E-state index contributed by atoms with van der Waals surface area (Å²) in [5.74, 6) is 2.69. The number of hydrogen-bond donors (Lipinski definition) is 1. The smallest absolute Gasteiger partial charge is 0.224 e. The molecular weight excluding hydrogens is 326 g/mol. The summed E-state index contributed by atoms with van der Waals surface area (Å²) in [4.78, 5) is 13.9. The van der Waals surface area contributed by atoms with Crippen molar-refractivity contribution in [3.8, 4) is 5.75 Å². The second kappa shape index (κ2) is 7.81. The van der Waals surface area contributed by atoms with E-state index < -0.39 is 0 Å². The van der Waals surface area contributed by atoms with Crippen molar-refractivity contribution in [1.29, 1.82) is 0 Å². The van der Waals surface area contributed by atoms with Gasteiger partial charge >= 0.3 is 0 Å². The Morgan fingerprint density at radius 2 is 1.65 bits per heavy atom. The lowest BCUT2D eigenvalue weighted by atomic mass is 10.2. The van der Waals surface area contributed by atoms with Crippen LogP contribution in [0.4, 0.5) is 17.5 Å². The molecule has 0 spiro atoms. The zero-order valence-corrected chi connectivity index (χ0v) is 15.4. The van der Waals surface area contributed by atoms with Gasteiger partial charge in [0.05, 0.1) is 7.11 Å². The SMILES string of the molecule is COc1ccc(N2CCN(c3ccnc(NC4CCCC4)n3)CC2)cc1. The van der Waals surface area contributed by atoms with Gasteiger partial charge in [0, 0.05) is 44.1 Å². The van der Waals surface area contributed by atoms with E-state index in [2.05, 4.69) is 32.2 Å². The maximum atomic E-state index is 5.24. The largest absolute Gasteiger partial charge is 0.497 e. The Kier molecular flexibility index (Phi) is 5.09. The fourth-order valence-electron chi connectivity index (χ4n) is 3.83. The van der Waals surface area contributed by atoms with Crippen LogP contribution in [-0.2, 0) is 0 Å². The molecule has 4 rings (SSSR count). The molecule has 1 saturated heterocycles. The number of nitrogens with zero attached hydrogens (tertiary/aromatic N) is 4. The van der Waals surface area contributed by atoms with Gasteiger partial charge in [0.15, 0.2) is 0 Å². The highest BCUT2D eigenvalue weighted by Gasteiger charge is 2.20. The Balaban J connectivity index is 1.36. The van der Waals surface area contributed by atoms with E-state index in [1.807, 2.05) is 24.4 Å². The average Bonchev–Trinajstić information content (AvgIpc) is 3.21. The molecule has 1 aromatic carbocycles. The van der Waals surface area contributed by atoms with Crippen molar-refractivity contribution in [3.63, 3.8) is 0 Å². The first-order valence-electron chi connectivity index (χ1n) is 9.55. The van der Waals surface area contributed by atoms with Crippen LogP contribution in [0.3, 0.4) is 0 Å². The van der Waals surface area contributed by atoms with Crippen molar-refractivity contribution in [2.45, 2.75) is 31.7 Å². The van der Waals surface area contributed by atoms with Crippen molar-refractivity contribution in [2.24, 2.45) is 0 Å². The molecule has 0 atom stereocenters. The van der Waals surface area contributed by atoms with Gasteiger partial charge in [0.25, 0.3) is 0 Å². The highest BCUT2D eigenvalue weighted by molar-refractivity contribution is 5.51. The van der Waals surface area contributed by atoms with Gasteiger partial charge < -0.3 is 19.9 Å². The summed E-state index contributed by atoms with van der Waals surface area (Å²) in [5, 5.41) is 3.49. The van der Waals surface area contributed by atoms with Crippen LogP contribution in [0.25, 0.3) is 0 Å². The fourth-order valence-corrected chi connectivity index (χ4v) is 3.83. The molecule has 1 aromatic heterocycles. The number of nitrogens with one attached hydrogen (secondary N) is 1. The summed E-state index contributed by atoms with van der Waals surface area (Å²) in [6.45, 7) is 3.90. The number of aromatic nitrogens is 2. The molecule has 0 bridgehead atoms. The predicted octanol–water partition coefficient (Wildman–Crippen LogP) is 3.17. The zero-order chi connectivity index (χ0) is 17.8. The van der Waals surface area contributed by atoms with E-state index in [0.717, 1.165) is 43.7 Å². The number of anilines is 3. The lowest BCUT2D eigenvalue weighted by molar-refractivity contribution is 0.415. The van der Waals surface area contributed by atoms with E-state index >= 15 is 0 Å². The number of rotatable bonds is 5. The Morgan fingerprint density at radius 1 is 0.962 bits per heavy atom. The van der Waals surface area contributed by atoms with Crippen molar-refractivity contribution >= 4 is 17.5 Å². The molecule has 1 saturated carbocycles. The monoisotopic (exact) mass is 353 g/mol. The summed E-state index contributed by atoms with van der Waals surface area (Å²) < 4.78 is 5.24. The molecule has 6 nitrogen and oxygen atoms in total. The number of hydrogen-bond acceptors (Lipinski definition) is 6. The summed E-state index contributed by atoms with van der Waals surface area (Å²) in [6.07, 6.45) is 6.95. The summed E-state index contributed by atoms with van der Waals surface area (Å²) >= 11 is 0. The third-order valence-corrected chi connectivity index (χ3v) is 5.37. The lowest BCUT2D eigenvalue weighted by Gasteiger charge is -2.36. The van der Waals surface area contributed by atoms with Gasteiger partial charge in [-0.25, -0.2) is 4.98 Å². The van der Waals surface area contributed by atoms with Crippen molar-refractivity contribution in [3.05, 3.63) is 36.5 Å². The summed E-state index contributed by atoms with van der Waals surface area (Å²) in [5.41, 5.74) is 1.25. The molecule has 0 amide bonds. The average molecular weight is 353 g/mol. The topological polar surface area (TPSA) is 53.5 Å². The van der Waals surface area contributed by atoms with Gasteiger partial charge in [-0.1, -0.05) is 12.8 Å². The molecule has 1 aliphatic carbocycles. The molecule has 0 radical (unpaired) electrons. The zero-order valence-electron chi connectivity index (χ0n) is 15.4. The third kappa shape index (κ3) is 3.84. The van der Waals surface area contributed by atoms with Crippen LogP contribution in [0.5, 0.6) is 5.75 Å². The van der Waals surface area contributed by atoms with Crippen LogP contribution in [0.15, 0.2) is 36.5 Å². The minimum absolute atomic E-state index is 0.539. The number of methoxy groups -OCH3 is 1. The van der Waals surface area contributed by atoms with Gasteiger partial charge in [-0.15, -0.1) is 0 Å². The van der Waals surface area contributed by atoms with Crippen LogP contribution >= 0.6 is 0 Å². The van der Waals surface area contributed by atoms with E-state index in [4.69, 9.17) is 9.72 Å². The Hall–Kier alpha value is -2.50. The minimum Gasteiger partial charge on any atom is -0.497 e. The molecule has 1 aliphatic heterocycles. The first kappa shape index (κ1) is 16.9. The maximum absolute atomic E-state index is 5.24. The normalized spacial score (nSPS) is 18.2. The van der Waals surface area contributed by atoms with E-state index in [1.54, 1.807) is 7.11 Å². The van der Waals surface area contributed by atoms with Crippen molar-refractivity contribution in [1.82, 2.24) is 9.97 Å². The van der Waals surface area contributed by atoms with Crippen molar-refractivity contribution in [2.75, 3.05) is 48.4 Å². The molecule has 1 N–H and O–H groups in total. The molecule has 2 fully saturated rings. The van der Waals surface area contributed by atoms with Gasteiger partial charge in [0.1, 0.15) is 11.6 Å². The van der Waals surface area contributed by atoms with Crippen LogP contribution in [0.2, 0.25) is 0 Å². The summed E-state index contributed by atoms with van der Waals surface area (Å²) in [7, 11) is 1.70. The molecule has 2 aromatic rings. The Bertz CT molecular complexity index is 706. The third-order valence-electron chi connectivity index (χ3n) is 5.37. The first-order chi connectivity index (χ1) is 12.8. The molecule has 26 heavy (non-hydrogen) atoms. The number of ether oxygens (including phenoxy) is 1. The molecular formula is C20H27N5O. The maximum Gasteiger partial charge on any atom is 0.224 e. The molecule has 138 valence electrons. The second-order valence-corrected chi connectivity index (χ2v) is 7.04. The quantitative estimate of drug-likeness (QED) is 0.891. The molecule has 2 heterocycles. The molecule has 0 unspecified atom stereocenters. The standard InChI is InChI=1S/C20H27N5O/c1-26-18-8-6-17(7-9-18)24-12-14-25(15-13-24)19-10-11-21-20(23-19)22-16-4-2-3-5-16/h6-11,16H,2-5,12-15H2,1H3,(H,21,22,23). The highest BCUT2D eigenvalue weighted by atomic mass is 16.5. The van der Waals surface area contributed by atoms with Crippen LogP contribution in [0.1, 0.15) is 25.7 Å². The van der Waals surface area contributed by atoms with Gasteiger partial charge in [-0.05, 0) is 43.2 Å². The lowest BCUT2D eigenvalue weighted by Crippen LogP contribution is -2.46. The van der Waals surface area contributed by atoms with Gasteiger partial charge in [0.2, 0.25) is 5.95 Å². The van der Waals surface area contributed by atoms with E-state index in [1.165, 1.54) is 31.4 Å².